The van der Waals surface area contributed by atoms with Gasteiger partial charge in [-0.05, 0) is 13.0 Å². The quantitative estimate of drug-likeness (QED) is 0.403. The van der Waals surface area contributed by atoms with Crippen LogP contribution in [-0.4, -0.2) is 58.4 Å². The van der Waals surface area contributed by atoms with Crippen molar-refractivity contribution in [2.24, 2.45) is 0 Å². The molecular formula is C12H20N2O4S. The van der Waals surface area contributed by atoms with E-state index >= 15 is 0 Å². The molecule has 2 saturated heterocycles. The molecule has 0 bridgehead atoms. The summed E-state index contributed by atoms with van der Waals surface area (Å²) >= 11 is 1.46. The van der Waals surface area contributed by atoms with Crippen LogP contribution >= 0.6 is 11.8 Å². The van der Waals surface area contributed by atoms with Crippen molar-refractivity contribution in [3.63, 3.8) is 0 Å². The monoisotopic (exact) mass is 288 g/mol. The summed E-state index contributed by atoms with van der Waals surface area (Å²) in [5.74, 6) is -0.777. The highest BCUT2D eigenvalue weighted by Gasteiger charge is 2.67. The Morgan fingerprint density at radius 2 is 2.37 bits per heavy atom. The van der Waals surface area contributed by atoms with Crippen molar-refractivity contribution >= 4 is 23.6 Å². The number of hydrogen-bond donors (Lipinski definition) is 2. The van der Waals surface area contributed by atoms with E-state index in [0.29, 0.717) is 12.3 Å². The van der Waals surface area contributed by atoms with Gasteiger partial charge in [0.2, 0.25) is 5.72 Å². The van der Waals surface area contributed by atoms with E-state index in [1.807, 2.05) is 0 Å². The number of methoxy groups -OCH3 is 1. The number of nitrogens with one attached hydrogen (secondary N) is 1. The molecule has 3 atom stereocenters. The Morgan fingerprint density at radius 3 is 2.95 bits per heavy atom. The van der Waals surface area contributed by atoms with Crippen LogP contribution in [0.1, 0.15) is 26.2 Å². The van der Waals surface area contributed by atoms with E-state index in [0.717, 1.165) is 19.3 Å². The van der Waals surface area contributed by atoms with Gasteiger partial charge < -0.3 is 14.7 Å². The SMILES string of the molecule is CCCCCNC1(OC)C(=O)N2C(C(=O)O)CSC21. The number of ether oxygens (including phenoxy) is 1. The number of carbonyl (C=O) groups is 2. The van der Waals surface area contributed by atoms with E-state index in [-0.39, 0.29) is 11.3 Å². The Balaban J connectivity index is 2.00. The lowest BCUT2D eigenvalue weighted by Gasteiger charge is -2.52. The molecule has 0 spiro atoms. The number of β-lactam (4-membered cyclic amide) rings is 1. The third kappa shape index (κ3) is 2.23. The second-order valence-corrected chi connectivity index (χ2v) is 5.94. The molecule has 2 heterocycles. The summed E-state index contributed by atoms with van der Waals surface area (Å²) in [6, 6.07) is -0.719. The average molecular weight is 288 g/mol. The zero-order valence-corrected chi connectivity index (χ0v) is 12.0. The number of thioether (sulfide) groups is 1. The summed E-state index contributed by atoms with van der Waals surface area (Å²) in [6.45, 7) is 2.82. The number of amides is 1. The van der Waals surface area contributed by atoms with Gasteiger partial charge in [-0.1, -0.05) is 19.8 Å². The van der Waals surface area contributed by atoms with E-state index in [4.69, 9.17) is 9.84 Å². The van der Waals surface area contributed by atoms with Crippen molar-refractivity contribution in [2.75, 3.05) is 19.4 Å². The molecule has 2 fully saturated rings. The molecule has 1 amide bonds. The van der Waals surface area contributed by atoms with Gasteiger partial charge in [0, 0.05) is 12.9 Å². The van der Waals surface area contributed by atoms with Gasteiger partial charge in [-0.25, -0.2) is 4.79 Å². The van der Waals surface area contributed by atoms with E-state index in [9.17, 15) is 9.59 Å². The van der Waals surface area contributed by atoms with E-state index in [2.05, 4.69) is 12.2 Å². The van der Waals surface area contributed by atoms with Crippen LogP contribution in [0, 0.1) is 0 Å². The van der Waals surface area contributed by atoms with Crippen molar-refractivity contribution in [3.8, 4) is 0 Å². The number of carboxylic acid groups (broad SMARTS) is 1. The van der Waals surface area contributed by atoms with Gasteiger partial charge in [0.05, 0.1) is 0 Å². The fraction of sp³-hybridized carbons (Fsp3) is 0.833. The fourth-order valence-electron chi connectivity index (χ4n) is 2.56. The number of carboxylic acids is 1. The second kappa shape index (κ2) is 5.68. The summed E-state index contributed by atoms with van der Waals surface area (Å²) < 4.78 is 5.39. The molecule has 2 N–H and O–H groups in total. The van der Waals surface area contributed by atoms with Gasteiger partial charge in [-0.3, -0.25) is 10.1 Å². The normalized spacial score (nSPS) is 33.2. The molecule has 6 nitrogen and oxygen atoms in total. The zero-order valence-electron chi connectivity index (χ0n) is 11.2. The third-order valence-electron chi connectivity index (χ3n) is 3.68. The molecule has 0 aliphatic carbocycles. The van der Waals surface area contributed by atoms with E-state index in [1.165, 1.54) is 23.8 Å². The van der Waals surface area contributed by atoms with Gasteiger partial charge in [0.1, 0.15) is 11.4 Å². The van der Waals surface area contributed by atoms with Crippen molar-refractivity contribution in [2.45, 2.75) is 43.3 Å². The Morgan fingerprint density at radius 1 is 1.63 bits per heavy atom. The van der Waals surface area contributed by atoms with Gasteiger partial charge in [0.25, 0.3) is 5.91 Å². The Labute approximate surface area is 116 Å². The minimum absolute atomic E-state index is 0.229. The molecule has 2 rings (SSSR count). The number of unbranched alkanes of at least 4 members (excludes halogenated alkanes) is 2. The molecule has 0 saturated carbocycles. The smallest absolute Gasteiger partial charge is 0.327 e. The average Bonchev–Trinajstić information content (AvgIpc) is 2.80. The van der Waals surface area contributed by atoms with Crippen LogP contribution in [0.2, 0.25) is 0 Å². The standard InChI is InChI=1S/C12H20N2O4S/c1-3-4-5-6-13-12(18-2)10(17)14-8(9(15)16)7-19-11(12)14/h8,11,13H,3-7H2,1-2H3,(H,15,16). The molecule has 2 aliphatic heterocycles. The highest BCUT2D eigenvalue weighted by molar-refractivity contribution is 8.00. The second-order valence-electron chi connectivity index (χ2n) is 4.83. The summed E-state index contributed by atoms with van der Waals surface area (Å²) in [5, 5.41) is 12.0. The minimum Gasteiger partial charge on any atom is -0.480 e. The van der Waals surface area contributed by atoms with Crippen molar-refractivity contribution in [3.05, 3.63) is 0 Å². The lowest BCUT2D eigenvalue weighted by atomic mass is 9.99. The van der Waals surface area contributed by atoms with Crippen LogP contribution in [0.25, 0.3) is 0 Å². The lowest BCUT2D eigenvalue weighted by molar-refractivity contribution is -0.198. The summed E-state index contributed by atoms with van der Waals surface area (Å²) in [7, 11) is 1.50. The van der Waals surface area contributed by atoms with Crippen LogP contribution in [-0.2, 0) is 14.3 Å². The fourth-order valence-corrected chi connectivity index (χ4v) is 4.15. The lowest BCUT2D eigenvalue weighted by Crippen LogP contribution is -2.79. The molecule has 108 valence electrons. The van der Waals surface area contributed by atoms with Crippen molar-refractivity contribution < 1.29 is 19.4 Å². The van der Waals surface area contributed by atoms with Crippen molar-refractivity contribution in [1.29, 1.82) is 0 Å². The molecular weight excluding hydrogens is 268 g/mol. The van der Waals surface area contributed by atoms with Gasteiger partial charge >= 0.3 is 5.97 Å². The number of aliphatic carboxylic acids is 1. The maximum absolute atomic E-state index is 12.2. The van der Waals surface area contributed by atoms with Gasteiger partial charge in [-0.15, -0.1) is 11.8 Å². The first-order valence-corrected chi connectivity index (χ1v) is 7.60. The topological polar surface area (TPSA) is 78.9 Å². The van der Waals surface area contributed by atoms with Gasteiger partial charge in [0.15, 0.2) is 0 Å². The number of carbonyl (C=O) groups excluding carboxylic acids is 1. The first kappa shape index (κ1) is 14.6. The number of nitrogens with zero attached hydrogens (tertiary/aromatic N) is 1. The summed E-state index contributed by atoms with van der Waals surface area (Å²) in [4.78, 5) is 24.7. The summed E-state index contributed by atoms with van der Waals surface area (Å²) in [5.41, 5.74) is -1.03. The Hall–Kier alpha value is -0.790. The van der Waals surface area contributed by atoms with E-state index in [1.54, 1.807) is 0 Å². The minimum atomic E-state index is -1.03. The largest absolute Gasteiger partial charge is 0.480 e. The number of rotatable bonds is 7. The van der Waals surface area contributed by atoms with Gasteiger partial charge in [-0.2, -0.15) is 0 Å². The molecule has 3 unspecified atom stereocenters. The molecule has 0 aromatic rings. The molecule has 0 radical (unpaired) electrons. The third-order valence-corrected chi connectivity index (χ3v) is 5.06. The van der Waals surface area contributed by atoms with Crippen LogP contribution in [0.4, 0.5) is 0 Å². The molecule has 0 aromatic carbocycles. The van der Waals surface area contributed by atoms with Crippen LogP contribution < -0.4 is 5.32 Å². The zero-order chi connectivity index (χ0) is 14.0. The maximum atomic E-state index is 12.2. The van der Waals surface area contributed by atoms with E-state index < -0.39 is 17.7 Å². The predicted octanol–water partition coefficient (Wildman–Crippen LogP) is 0.477. The molecule has 7 heteroatoms. The van der Waals surface area contributed by atoms with Crippen LogP contribution in [0.3, 0.4) is 0 Å². The molecule has 2 aliphatic rings. The van der Waals surface area contributed by atoms with Crippen LogP contribution in [0.15, 0.2) is 0 Å². The number of fused-ring (bicyclic) bond motifs is 1. The summed E-state index contributed by atoms with van der Waals surface area (Å²) in [6.07, 6.45) is 3.19. The van der Waals surface area contributed by atoms with Crippen LogP contribution in [0.5, 0.6) is 0 Å². The Kier molecular flexibility index (Phi) is 4.37. The van der Waals surface area contributed by atoms with Crippen molar-refractivity contribution in [1.82, 2.24) is 10.2 Å². The highest BCUT2D eigenvalue weighted by Crippen LogP contribution is 2.46. The first-order valence-electron chi connectivity index (χ1n) is 6.55. The molecule has 19 heavy (non-hydrogen) atoms. The Bertz CT molecular complexity index is 379. The predicted molar refractivity (Wildman–Crippen MR) is 71.8 cm³/mol. The highest BCUT2D eigenvalue weighted by atomic mass is 32.2. The number of hydrogen-bond acceptors (Lipinski definition) is 5. The molecule has 0 aromatic heterocycles. The first-order chi connectivity index (χ1) is 9.08. The maximum Gasteiger partial charge on any atom is 0.327 e.